The summed E-state index contributed by atoms with van der Waals surface area (Å²) in [5.41, 5.74) is 2.62. The van der Waals surface area contributed by atoms with E-state index in [-0.39, 0.29) is 11.9 Å². The topological polar surface area (TPSA) is 58.4 Å². The average molecular weight is 396 g/mol. The Morgan fingerprint density at radius 1 is 1.21 bits per heavy atom. The number of hydrogen-bond acceptors (Lipinski definition) is 5. The fraction of sp³-hybridized carbons (Fsp3) is 0.364. The minimum atomic E-state index is -0.164. The smallest absolute Gasteiger partial charge is 0.241 e. The molecule has 0 bridgehead atoms. The van der Waals surface area contributed by atoms with E-state index in [1.165, 1.54) is 0 Å². The monoisotopic (exact) mass is 395 g/mol. The van der Waals surface area contributed by atoms with Crippen LogP contribution in [0.5, 0.6) is 0 Å². The standard InChI is InChI=1S/C22H25N3O2S/c1-15(21(26)23-17-6-5-7-18(14-17)28-2)25-12-10-16(11-13-25)22-24-19-8-3-4-9-20(19)27-22/h3-9,14-16H,10-13H2,1-2H3,(H,23,26)/t15-/m1/s1. The summed E-state index contributed by atoms with van der Waals surface area (Å²) >= 11 is 1.67. The predicted octanol–water partition coefficient (Wildman–Crippen LogP) is 4.76. The molecule has 1 fully saturated rings. The molecule has 1 aromatic heterocycles. The molecule has 1 amide bonds. The van der Waals surface area contributed by atoms with E-state index >= 15 is 0 Å². The second-order valence-corrected chi connectivity index (χ2v) is 8.11. The van der Waals surface area contributed by atoms with Crippen LogP contribution in [0.2, 0.25) is 0 Å². The highest BCUT2D eigenvalue weighted by molar-refractivity contribution is 7.98. The molecule has 3 aromatic rings. The molecule has 1 aliphatic heterocycles. The highest BCUT2D eigenvalue weighted by Gasteiger charge is 2.29. The third-order valence-electron chi connectivity index (χ3n) is 5.45. The van der Waals surface area contributed by atoms with Crippen LogP contribution in [0.4, 0.5) is 5.69 Å². The van der Waals surface area contributed by atoms with Crippen LogP contribution < -0.4 is 5.32 Å². The number of carbonyl (C=O) groups excluding carboxylic acids is 1. The Hall–Kier alpha value is -2.31. The van der Waals surface area contributed by atoms with Crippen molar-refractivity contribution in [1.29, 1.82) is 0 Å². The number of oxazole rings is 1. The lowest BCUT2D eigenvalue weighted by molar-refractivity contribution is -0.121. The Bertz CT molecular complexity index is 930. The summed E-state index contributed by atoms with van der Waals surface area (Å²) in [5, 5.41) is 3.05. The van der Waals surface area contributed by atoms with Crippen LogP contribution in [-0.4, -0.2) is 41.2 Å². The number of piperidine rings is 1. The molecule has 5 nitrogen and oxygen atoms in total. The minimum Gasteiger partial charge on any atom is -0.440 e. The maximum absolute atomic E-state index is 12.7. The molecule has 28 heavy (non-hydrogen) atoms. The molecule has 2 heterocycles. The van der Waals surface area contributed by atoms with E-state index < -0.39 is 0 Å². The zero-order valence-electron chi connectivity index (χ0n) is 16.2. The number of likely N-dealkylation sites (tertiary alicyclic amines) is 1. The molecule has 4 rings (SSSR count). The number of rotatable bonds is 5. The van der Waals surface area contributed by atoms with Gasteiger partial charge >= 0.3 is 0 Å². The van der Waals surface area contributed by atoms with Gasteiger partial charge in [-0.25, -0.2) is 4.98 Å². The molecule has 0 radical (unpaired) electrons. The van der Waals surface area contributed by atoms with Crippen molar-refractivity contribution in [3.05, 3.63) is 54.4 Å². The maximum Gasteiger partial charge on any atom is 0.241 e. The first-order chi connectivity index (χ1) is 13.6. The van der Waals surface area contributed by atoms with Gasteiger partial charge in [-0.15, -0.1) is 11.8 Å². The van der Waals surface area contributed by atoms with Crippen LogP contribution in [0.15, 0.2) is 57.8 Å². The highest BCUT2D eigenvalue weighted by Crippen LogP contribution is 2.30. The van der Waals surface area contributed by atoms with Crippen LogP contribution >= 0.6 is 11.8 Å². The number of aromatic nitrogens is 1. The first-order valence-electron chi connectivity index (χ1n) is 9.68. The van der Waals surface area contributed by atoms with Crippen molar-refractivity contribution in [2.45, 2.75) is 36.6 Å². The first kappa shape index (κ1) is 19.0. The molecule has 0 aliphatic carbocycles. The molecule has 1 aliphatic rings. The summed E-state index contributed by atoms with van der Waals surface area (Å²) in [6.07, 6.45) is 3.93. The number of carbonyl (C=O) groups is 1. The van der Waals surface area contributed by atoms with Crippen LogP contribution in [0.25, 0.3) is 11.1 Å². The van der Waals surface area contributed by atoms with Gasteiger partial charge in [-0.3, -0.25) is 9.69 Å². The summed E-state index contributed by atoms with van der Waals surface area (Å²) in [4.78, 5) is 20.7. The van der Waals surface area contributed by atoms with Crippen molar-refractivity contribution in [3.63, 3.8) is 0 Å². The summed E-state index contributed by atoms with van der Waals surface area (Å²) < 4.78 is 5.94. The largest absolute Gasteiger partial charge is 0.440 e. The second kappa shape index (κ2) is 8.37. The molecular formula is C22H25N3O2S. The molecular weight excluding hydrogens is 370 g/mol. The van der Waals surface area contributed by atoms with Gasteiger partial charge in [0.05, 0.1) is 6.04 Å². The number of para-hydroxylation sites is 2. The van der Waals surface area contributed by atoms with Gasteiger partial charge < -0.3 is 9.73 Å². The molecule has 0 spiro atoms. The Labute approximate surface area is 169 Å². The molecule has 1 atom stereocenters. The van der Waals surface area contributed by atoms with E-state index in [2.05, 4.69) is 15.2 Å². The molecule has 2 aromatic carbocycles. The van der Waals surface area contributed by atoms with E-state index in [4.69, 9.17) is 4.42 Å². The number of nitrogens with one attached hydrogen (secondary N) is 1. The number of fused-ring (bicyclic) bond motifs is 1. The lowest BCUT2D eigenvalue weighted by atomic mass is 9.95. The van der Waals surface area contributed by atoms with E-state index in [1.807, 2.05) is 61.7 Å². The van der Waals surface area contributed by atoms with Gasteiger partial charge in [0.1, 0.15) is 5.52 Å². The molecule has 6 heteroatoms. The molecule has 146 valence electrons. The van der Waals surface area contributed by atoms with Crippen molar-refractivity contribution >= 4 is 34.5 Å². The highest BCUT2D eigenvalue weighted by atomic mass is 32.2. The van der Waals surface area contributed by atoms with Gasteiger partial charge in [0.2, 0.25) is 5.91 Å². The lowest BCUT2D eigenvalue weighted by Crippen LogP contribution is -2.45. The van der Waals surface area contributed by atoms with Gasteiger partial charge in [0.25, 0.3) is 0 Å². The van der Waals surface area contributed by atoms with Gasteiger partial charge in [0, 0.05) is 16.5 Å². The Morgan fingerprint density at radius 3 is 2.75 bits per heavy atom. The van der Waals surface area contributed by atoms with E-state index in [0.29, 0.717) is 5.92 Å². The third-order valence-corrected chi connectivity index (χ3v) is 6.18. The number of amides is 1. The quantitative estimate of drug-likeness (QED) is 0.632. The van der Waals surface area contributed by atoms with E-state index in [1.54, 1.807) is 11.8 Å². The Balaban J connectivity index is 1.35. The lowest BCUT2D eigenvalue weighted by Gasteiger charge is -2.34. The van der Waals surface area contributed by atoms with Gasteiger partial charge in [-0.2, -0.15) is 0 Å². The summed E-state index contributed by atoms with van der Waals surface area (Å²) in [6.45, 7) is 3.71. The minimum absolute atomic E-state index is 0.0403. The van der Waals surface area contributed by atoms with Gasteiger partial charge in [-0.05, 0) is 69.4 Å². The van der Waals surface area contributed by atoms with Crippen LogP contribution in [0, 0.1) is 0 Å². The number of hydrogen-bond donors (Lipinski definition) is 1. The van der Waals surface area contributed by atoms with Crippen LogP contribution in [0.1, 0.15) is 31.6 Å². The van der Waals surface area contributed by atoms with E-state index in [9.17, 15) is 4.79 Å². The van der Waals surface area contributed by atoms with Crippen molar-refractivity contribution < 1.29 is 9.21 Å². The Kier molecular flexibility index (Phi) is 5.69. The van der Waals surface area contributed by atoms with Crippen LogP contribution in [0.3, 0.4) is 0 Å². The van der Waals surface area contributed by atoms with Crippen molar-refractivity contribution in [2.75, 3.05) is 24.7 Å². The normalized spacial score (nSPS) is 16.9. The molecule has 0 saturated carbocycles. The Morgan fingerprint density at radius 2 is 2.00 bits per heavy atom. The fourth-order valence-electron chi connectivity index (χ4n) is 3.71. The second-order valence-electron chi connectivity index (χ2n) is 7.23. The summed E-state index contributed by atoms with van der Waals surface area (Å²) in [7, 11) is 0. The van der Waals surface area contributed by atoms with Gasteiger partial charge in [-0.1, -0.05) is 18.2 Å². The zero-order chi connectivity index (χ0) is 19.5. The fourth-order valence-corrected chi connectivity index (χ4v) is 4.17. The predicted molar refractivity (Wildman–Crippen MR) is 114 cm³/mol. The summed E-state index contributed by atoms with van der Waals surface area (Å²) in [5.74, 6) is 1.18. The number of nitrogens with zero attached hydrogens (tertiary/aromatic N) is 2. The third kappa shape index (κ3) is 4.08. The number of benzene rings is 2. The number of thioether (sulfide) groups is 1. The first-order valence-corrected chi connectivity index (χ1v) is 10.9. The number of anilines is 1. The SMILES string of the molecule is CSc1cccc(NC(=O)[C@@H](C)N2CCC(c3nc4ccccc4o3)CC2)c1. The van der Waals surface area contributed by atoms with Crippen molar-refractivity contribution in [2.24, 2.45) is 0 Å². The molecule has 1 N–H and O–H groups in total. The molecule has 1 saturated heterocycles. The average Bonchev–Trinajstić information content (AvgIpc) is 3.17. The van der Waals surface area contributed by atoms with Crippen molar-refractivity contribution in [3.8, 4) is 0 Å². The van der Waals surface area contributed by atoms with Crippen LogP contribution in [-0.2, 0) is 4.79 Å². The van der Waals surface area contributed by atoms with E-state index in [0.717, 1.165) is 53.5 Å². The zero-order valence-corrected chi connectivity index (χ0v) is 17.0. The molecule has 0 unspecified atom stereocenters. The maximum atomic E-state index is 12.7. The summed E-state index contributed by atoms with van der Waals surface area (Å²) in [6, 6.07) is 15.7. The van der Waals surface area contributed by atoms with Crippen molar-refractivity contribution in [1.82, 2.24) is 9.88 Å². The van der Waals surface area contributed by atoms with Gasteiger partial charge in [0.15, 0.2) is 11.5 Å².